The van der Waals surface area contributed by atoms with Crippen LogP contribution in [0.2, 0.25) is 5.02 Å². The van der Waals surface area contributed by atoms with Gasteiger partial charge in [0.25, 0.3) is 0 Å². The van der Waals surface area contributed by atoms with Crippen molar-refractivity contribution in [2.75, 3.05) is 13.2 Å². The number of carbonyl (C=O) groups excluding carboxylic acids is 1. The van der Waals surface area contributed by atoms with Crippen LogP contribution >= 0.6 is 11.6 Å². The van der Waals surface area contributed by atoms with E-state index in [1.54, 1.807) is 6.92 Å². The van der Waals surface area contributed by atoms with Crippen molar-refractivity contribution < 1.29 is 9.53 Å². The van der Waals surface area contributed by atoms with Gasteiger partial charge < -0.3 is 15.0 Å². The van der Waals surface area contributed by atoms with E-state index in [0.717, 1.165) is 30.2 Å². The van der Waals surface area contributed by atoms with Crippen LogP contribution in [0.4, 0.5) is 0 Å². The third-order valence-electron chi connectivity index (χ3n) is 4.14. The second kappa shape index (κ2) is 8.50. The van der Waals surface area contributed by atoms with Crippen molar-refractivity contribution in [3.8, 4) is 0 Å². The summed E-state index contributed by atoms with van der Waals surface area (Å²) >= 11 is 5.95. The standard InChI is InChI=1S/C19H26ClN3O2/c1-5-25-18(24)17-13(2)22-16(23-17)7-6-12-21-19(3,4)14-8-10-15(20)11-9-14/h8-11,21H,5-7,12H2,1-4H3,(H,22,23). The lowest BCUT2D eigenvalue weighted by atomic mass is 9.94. The highest BCUT2D eigenvalue weighted by Crippen LogP contribution is 2.22. The van der Waals surface area contributed by atoms with Crippen LogP contribution in [0.25, 0.3) is 0 Å². The van der Waals surface area contributed by atoms with E-state index in [9.17, 15) is 4.79 Å². The van der Waals surface area contributed by atoms with Gasteiger partial charge in [0.15, 0.2) is 0 Å². The molecule has 0 saturated heterocycles. The van der Waals surface area contributed by atoms with Crippen molar-refractivity contribution in [1.29, 1.82) is 0 Å². The number of carbonyl (C=O) groups is 1. The molecule has 0 unspecified atom stereocenters. The van der Waals surface area contributed by atoms with Crippen LogP contribution in [0.1, 0.15) is 54.8 Å². The summed E-state index contributed by atoms with van der Waals surface area (Å²) in [5.41, 5.74) is 2.18. The zero-order valence-corrected chi connectivity index (χ0v) is 16.0. The number of imidazole rings is 1. The first-order chi connectivity index (χ1) is 11.8. The van der Waals surface area contributed by atoms with Crippen molar-refractivity contribution in [1.82, 2.24) is 15.3 Å². The van der Waals surface area contributed by atoms with Crippen molar-refractivity contribution in [3.63, 3.8) is 0 Å². The van der Waals surface area contributed by atoms with Crippen molar-refractivity contribution >= 4 is 17.6 Å². The summed E-state index contributed by atoms with van der Waals surface area (Å²) in [6.07, 6.45) is 1.68. The molecule has 1 heterocycles. The Bertz CT molecular complexity index is 708. The Hall–Kier alpha value is -1.85. The molecule has 25 heavy (non-hydrogen) atoms. The van der Waals surface area contributed by atoms with Crippen molar-refractivity contribution in [3.05, 3.63) is 52.1 Å². The molecule has 5 nitrogen and oxygen atoms in total. The number of halogens is 1. The van der Waals surface area contributed by atoms with E-state index in [0.29, 0.717) is 18.0 Å². The number of esters is 1. The molecular formula is C19H26ClN3O2. The van der Waals surface area contributed by atoms with E-state index in [2.05, 4.69) is 29.1 Å². The summed E-state index contributed by atoms with van der Waals surface area (Å²) in [7, 11) is 0. The van der Waals surface area contributed by atoms with Gasteiger partial charge in [-0.05, 0) is 58.4 Å². The van der Waals surface area contributed by atoms with Crippen LogP contribution in [-0.2, 0) is 16.7 Å². The molecule has 0 atom stereocenters. The molecule has 0 radical (unpaired) electrons. The van der Waals surface area contributed by atoms with E-state index in [-0.39, 0.29) is 11.5 Å². The molecule has 2 N–H and O–H groups in total. The Morgan fingerprint density at radius 2 is 2.00 bits per heavy atom. The van der Waals surface area contributed by atoms with E-state index < -0.39 is 0 Å². The minimum absolute atomic E-state index is 0.139. The maximum absolute atomic E-state index is 11.8. The first-order valence-corrected chi connectivity index (χ1v) is 8.95. The van der Waals surface area contributed by atoms with Gasteiger partial charge in [0.2, 0.25) is 0 Å². The summed E-state index contributed by atoms with van der Waals surface area (Å²) in [4.78, 5) is 19.3. The third-order valence-corrected chi connectivity index (χ3v) is 4.39. The number of aromatic nitrogens is 2. The summed E-state index contributed by atoms with van der Waals surface area (Å²) < 4.78 is 5.02. The first-order valence-electron chi connectivity index (χ1n) is 8.57. The van der Waals surface area contributed by atoms with Gasteiger partial charge >= 0.3 is 5.97 Å². The molecule has 6 heteroatoms. The molecule has 0 saturated carbocycles. The highest BCUT2D eigenvalue weighted by atomic mass is 35.5. The smallest absolute Gasteiger partial charge is 0.356 e. The number of benzene rings is 1. The average molecular weight is 364 g/mol. The second-order valence-corrected chi connectivity index (χ2v) is 6.96. The molecule has 1 aromatic carbocycles. The summed E-state index contributed by atoms with van der Waals surface area (Å²) in [5.74, 6) is 0.465. The number of H-pyrrole nitrogens is 1. The molecule has 0 aliphatic rings. The quantitative estimate of drug-likeness (QED) is 0.549. The number of nitrogens with zero attached hydrogens (tertiary/aromatic N) is 1. The number of aromatic amines is 1. The average Bonchev–Trinajstić information content (AvgIpc) is 2.93. The monoisotopic (exact) mass is 363 g/mol. The van der Waals surface area contributed by atoms with Gasteiger partial charge in [-0.25, -0.2) is 9.78 Å². The maximum atomic E-state index is 11.8. The Labute approximate surface area is 154 Å². The van der Waals surface area contributed by atoms with E-state index in [4.69, 9.17) is 16.3 Å². The molecule has 2 rings (SSSR count). The largest absolute Gasteiger partial charge is 0.461 e. The maximum Gasteiger partial charge on any atom is 0.356 e. The van der Waals surface area contributed by atoms with Crippen LogP contribution in [0.5, 0.6) is 0 Å². The first kappa shape index (κ1) is 19.5. The third kappa shape index (κ3) is 5.31. The van der Waals surface area contributed by atoms with Crippen LogP contribution in [0.3, 0.4) is 0 Å². The predicted molar refractivity (Wildman–Crippen MR) is 100 cm³/mol. The Balaban J connectivity index is 1.85. The van der Waals surface area contributed by atoms with Crippen molar-refractivity contribution in [2.45, 2.75) is 46.1 Å². The zero-order valence-electron chi connectivity index (χ0n) is 15.3. The topological polar surface area (TPSA) is 67.0 Å². The fraction of sp³-hybridized carbons (Fsp3) is 0.474. The Morgan fingerprint density at radius 3 is 2.64 bits per heavy atom. The fourth-order valence-electron chi connectivity index (χ4n) is 2.67. The fourth-order valence-corrected chi connectivity index (χ4v) is 2.79. The Morgan fingerprint density at radius 1 is 1.32 bits per heavy atom. The van der Waals surface area contributed by atoms with Gasteiger partial charge in [-0.3, -0.25) is 0 Å². The summed E-state index contributed by atoms with van der Waals surface area (Å²) in [5, 5.41) is 4.29. The van der Waals surface area contributed by atoms with Gasteiger partial charge in [0.1, 0.15) is 11.5 Å². The molecule has 0 aliphatic carbocycles. The van der Waals surface area contributed by atoms with Gasteiger partial charge in [0, 0.05) is 17.0 Å². The van der Waals surface area contributed by atoms with Crippen LogP contribution in [0.15, 0.2) is 24.3 Å². The highest BCUT2D eigenvalue weighted by Gasteiger charge is 2.19. The molecule has 2 aromatic rings. The number of hydrogen-bond acceptors (Lipinski definition) is 4. The summed E-state index contributed by atoms with van der Waals surface area (Å²) in [6.45, 7) is 9.09. The molecular weight excluding hydrogens is 338 g/mol. The highest BCUT2D eigenvalue weighted by molar-refractivity contribution is 6.30. The van der Waals surface area contributed by atoms with E-state index in [1.807, 2.05) is 31.2 Å². The number of nitrogens with one attached hydrogen (secondary N) is 2. The summed E-state index contributed by atoms with van der Waals surface area (Å²) in [6, 6.07) is 7.89. The molecule has 136 valence electrons. The molecule has 0 fully saturated rings. The number of rotatable bonds is 8. The predicted octanol–water partition coefficient (Wildman–Crippen LogP) is 4.01. The number of ether oxygens (including phenoxy) is 1. The zero-order chi connectivity index (χ0) is 18.4. The molecule has 0 aliphatic heterocycles. The minimum atomic E-state index is -0.347. The number of hydrogen-bond donors (Lipinski definition) is 2. The lowest BCUT2D eigenvalue weighted by Gasteiger charge is -2.27. The molecule has 1 aromatic heterocycles. The van der Waals surface area contributed by atoms with Gasteiger partial charge in [0.05, 0.1) is 12.3 Å². The molecule has 0 bridgehead atoms. The second-order valence-electron chi connectivity index (χ2n) is 6.53. The van der Waals surface area contributed by atoms with Gasteiger partial charge in [-0.15, -0.1) is 0 Å². The van der Waals surface area contributed by atoms with Gasteiger partial charge in [-0.1, -0.05) is 23.7 Å². The number of aryl methyl sites for hydroxylation is 2. The lowest BCUT2D eigenvalue weighted by Crippen LogP contribution is -2.37. The Kier molecular flexibility index (Phi) is 6.62. The van der Waals surface area contributed by atoms with Crippen molar-refractivity contribution in [2.24, 2.45) is 0 Å². The van der Waals surface area contributed by atoms with E-state index >= 15 is 0 Å². The van der Waals surface area contributed by atoms with Gasteiger partial charge in [-0.2, -0.15) is 0 Å². The molecule has 0 amide bonds. The minimum Gasteiger partial charge on any atom is -0.461 e. The van der Waals surface area contributed by atoms with Crippen LogP contribution in [0, 0.1) is 6.92 Å². The normalized spacial score (nSPS) is 11.6. The van der Waals surface area contributed by atoms with E-state index in [1.165, 1.54) is 5.56 Å². The molecule has 0 spiro atoms. The van der Waals surface area contributed by atoms with Crippen LogP contribution in [-0.4, -0.2) is 29.1 Å². The van der Waals surface area contributed by atoms with Crippen LogP contribution < -0.4 is 5.32 Å². The lowest BCUT2D eigenvalue weighted by molar-refractivity contribution is 0.0519. The SMILES string of the molecule is CCOC(=O)c1[nH]c(CCCNC(C)(C)c2ccc(Cl)cc2)nc1C.